The summed E-state index contributed by atoms with van der Waals surface area (Å²) in [5, 5.41) is 9.22. The van der Waals surface area contributed by atoms with Crippen LogP contribution in [0.4, 0.5) is 0 Å². The van der Waals surface area contributed by atoms with E-state index in [1.807, 2.05) is 6.07 Å². The van der Waals surface area contributed by atoms with Crippen molar-refractivity contribution in [3.05, 3.63) is 34.7 Å². The number of aliphatic hydroxyl groups is 1. The SMILES string of the molecule is O=c1ccccn1CCN1CCOCC1CO. The summed E-state index contributed by atoms with van der Waals surface area (Å²) in [7, 11) is 0. The van der Waals surface area contributed by atoms with E-state index < -0.39 is 0 Å². The van der Waals surface area contributed by atoms with Crippen LogP contribution in [-0.4, -0.2) is 53.5 Å². The average Bonchev–Trinajstić information content (AvgIpc) is 2.38. The highest BCUT2D eigenvalue weighted by Crippen LogP contribution is 2.05. The van der Waals surface area contributed by atoms with E-state index in [1.54, 1.807) is 22.9 Å². The van der Waals surface area contributed by atoms with Crippen molar-refractivity contribution in [2.45, 2.75) is 12.6 Å². The van der Waals surface area contributed by atoms with Gasteiger partial charge in [0.15, 0.2) is 0 Å². The molecular weight excluding hydrogens is 220 g/mol. The molecule has 1 aliphatic rings. The quantitative estimate of drug-likeness (QED) is 0.771. The number of morpholine rings is 1. The molecule has 0 radical (unpaired) electrons. The lowest BCUT2D eigenvalue weighted by atomic mass is 10.2. The van der Waals surface area contributed by atoms with Gasteiger partial charge in [-0.15, -0.1) is 0 Å². The summed E-state index contributed by atoms with van der Waals surface area (Å²) in [6, 6.07) is 5.21. The van der Waals surface area contributed by atoms with Gasteiger partial charge in [-0.25, -0.2) is 0 Å². The van der Waals surface area contributed by atoms with Gasteiger partial charge < -0.3 is 14.4 Å². The molecule has 1 aromatic rings. The average molecular weight is 238 g/mol. The van der Waals surface area contributed by atoms with Gasteiger partial charge in [-0.2, -0.15) is 0 Å². The second kappa shape index (κ2) is 5.95. The van der Waals surface area contributed by atoms with E-state index in [1.165, 1.54) is 0 Å². The monoisotopic (exact) mass is 238 g/mol. The molecule has 0 aliphatic carbocycles. The Balaban J connectivity index is 1.93. The fourth-order valence-electron chi connectivity index (χ4n) is 2.03. The lowest BCUT2D eigenvalue weighted by Gasteiger charge is -2.34. The van der Waals surface area contributed by atoms with Crippen LogP contribution >= 0.6 is 0 Å². The molecule has 2 heterocycles. The predicted molar refractivity (Wildman–Crippen MR) is 64.0 cm³/mol. The zero-order chi connectivity index (χ0) is 12.1. The molecule has 1 N–H and O–H groups in total. The van der Waals surface area contributed by atoms with Gasteiger partial charge in [0.05, 0.1) is 25.9 Å². The second-order valence-corrected chi connectivity index (χ2v) is 4.18. The highest BCUT2D eigenvalue weighted by Gasteiger charge is 2.21. The largest absolute Gasteiger partial charge is 0.395 e. The van der Waals surface area contributed by atoms with Crippen molar-refractivity contribution in [1.82, 2.24) is 9.47 Å². The molecule has 0 spiro atoms. The zero-order valence-corrected chi connectivity index (χ0v) is 9.79. The minimum Gasteiger partial charge on any atom is -0.395 e. The molecule has 94 valence electrons. The number of rotatable bonds is 4. The number of ether oxygens (including phenoxy) is 1. The summed E-state index contributed by atoms with van der Waals surface area (Å²) in [6.07, 6.45) is 1.79. The standard InChI is InChI=1S/C12H18N2O3/c15-9-11-10-17-8-7-13(11)5-6-14-4-2-1-3-12(14)16/h1-4,11,15H,5-10H2. The molecular formula is C12H18N2O3. The van der Waals surface area contributed by atoms with Crippen LogP contribution in [0.5, 0.6) is 0 Å². The van der Waals surface area contributed by atoms with Crippen molar-refractivity contribution in [2.75, 3.05) is 32.9 Å². The number of hydrogen-bond acceptors (Lipinski definition) is 4. The molecule has 1 aliphatic heterocycles. The summed E-state index contributed by atoms with van der Waals surface area (Å²) in [5.74, 6) is 0. The van der Waals surface area contributed by atoms with Gasteiger partial charge in [-0.05, 0) is 6.07 Å². The van der Waals surface area contributed by atoms with E-state index in [0.29, 0.717) is 19.8 Å². The number of aromatic nitrogens is 1. The van der Waals surface area contributed by atoms with Crippen LogP contribution in [0, 0.1) is 0 Å². The first kappa shape index (κ1) is 12.3. The Morgan fingerprint density at radius 2 is 2.29 bits per heavy atom. The predicted octanol–water partition coefficient (Wildman–Crippen LogP) is -0.459. The van der Waals surface area contributed by atoms with Crippen LogP contribution in [0.15, 0.2) is 29.2 Å². The summed E-state index contributed by atoms with van der Waals surface area (Å²) >= 11 is 0. The lowest BCUT2D eigenvalue weighted by molar-refractivity contribution is -0.0285. The number of pyridine rings is 1. The van der Waals surface area contributed by atoms with E-state index in [9.17, 15) is 9.90 Å². The fraction of sp³-hybridized carbons (Fsp3) is 0.583. The molecule has 1 aromatic heterocycles. The summed E-state index contributed by atoms with van der Waals surface area (Å²) < 4.78 is 6.99. The van der Waals surface area contributed by atoms with Gasteiger partial charge in [-0.1, -0.05) is 6.07 Å². The van der Waals surface area contributed by atoms with Gasteiger partial charge in [-0.3, -0.25) is 9.69 Å². The first-order chi connectivity index (χ1) is 8.31. The Hall–Kier alpha value is -1.17. The maximum Gasteiger partial charge on any atom is 0.250 e. The van der Waals surface area contributed by atoms with E-state index in [2.05, 4.69) is 4.90 Å². The van der Waals surface area contributed by atoms with Crippen LogP contribution in [0.2, 0.25) is 0 Å². The van der Waals surface area contributed by atoms with Crippen LogP contribution in [0.1, 0.15) is 0 Å². The topological polar surface area (TPSA) is 54.7 Å². The van der Waals surface area contributed by atoms with Crippen LogP contribution in [0.3, 0.4) is 0 Å². The van der Waals surface area contributed by atoms with Crippen LogP contribution < -0.4 is 5.56 Å². The molecule has 2 rings (SSSR count). The molecule has 0 bridgehead atoms. The third kappa shape index (κ3) is 3.15. The van der Waals surface area contributed by atoms with Gasteiger partial charge in [0, 0.05) is 31.9 Å². The molecule has 1 saturated heterocycles. The summed E-state index contributed by atoms with van der Waals surface area (Å²) in [4.78, 5) is 13.7. The van der Waals surface area contributed by atoms with Crippen molar-refractivity contribution in [3.63, 3.8) is 0 Å². The van der Waals surface area contributed by atoms with Crippen LogP contribution in [-0.2, 0) is 11.3 Å². The van der Waals surface area contributed by atoms with Crippen molar-refractivity contribution in [3.8, 4) is 0 Å². The first-order valence-corrected chi connectivity index (χ1v) is 5.89. The Kier molecular flexibility index (Phi) is 4.30. The van der Waals surface area contributed by atoms with Gasteiger partial charge in [0.25, 0.3) is 5.56 Å². The Morgan fingerprint density at radius 3 is 3.06 bits per heavy atom. The van der Waals surface area contributed by atoms with Gasteiger partial charge in [0.2, 0.25) is 0 Å². The first-order valence-electron chi connectivity index (χ1n) is 5.89. The zero-order valence-electron chi connectivity index (χ0n) is 9.79. The van der Waals surface area contributed by atoms with E-state index in [4.69, 9.17) is 4.74 Å². The normalized spacial score (nSPS) is 21.6. The highest BCUT2D eigenvalue weighted by molar-refractivity contribution is 4.93. The molecule has 5 nitrogen and oxygen atoms in total. The molecule has 0 saturated carbocycles. The van der Waals surface area contributed by atoms with Crippen LogP contribution in [0.25, 0.3) is 0 Å². The summed E-state index contributed by atoms with van der Waals surface area (Å²) in [6.45, 7) is 3.59. The van der Waals surface area contributed by atoms with E-state index in [-0.39, 0.29) is 18.2 Å². The van der Waals surface area contributed by atoms with Crippen molar-refractivity contribution >= 4 is 0 Å². The second-order valence-electron chi connectivity index (χ2n) is 4.18. The molecule has 5 heteroatoms. The maximum absolute atomic E-state index is 11.5. The molecule has 0 amide bonds. The minimum absolute atomic E-state index is 0.0151. The smallest absolute Gasteiger partial charge is 0.250 e. The van der Waals surface area contributed by atoms with E-state index >= 15 is 0 Å². The number of aliphatic hydroxyl groups excluding tert-OH is 1. The minimum atomic E-state index is 0.0151. The Morgan fingerprint density at radius 1 is 1.41 bits per heavy atom. The third-order valence-corrected chi connectivity index (χ3v) is 3.09. The highest BCUT2D eigenvalue weighted by atomic mass is 16.5. The molecule has 1 fully saturated rings. The van der Waals surface area contributed by atoms with Gasteiger partial charge >= 0.3 is 0 Å². The van der Waals surface area contributed by atoms with Crippen molar-refractivity contribution in [2.24, 2.45) is 0 Å². The number of nitrogens with zero attached hydrogens (tertiary/aromatic N) is 2. The Bertz CT molecular complexity index is 405. The maximum atomic E-state index is 11.5. The third-order valence-electron chi connectivity index (χ3n) is 3.09. The molecule has 1 atom stereocenters. The molecule has 17 heavy (non-hydrogen) atoms. The number of hydrogen-bond donors (Lipinski definition) is 1. The molecule has 0 aromatic carbocycles. The Labute approximate surface area is 100 Å². The lowest BCUT2D eigenvalue weighted by Crippen LogP contribution is -2.48. The molecule has 1 unspecified atom stereocenters. The van der Waals surface area contributed by atoms with Crippen molar-refractivity contribution < 1.29 is 9.84 Å². The fourth-order valence-corrected chi connectivity index (χ4v) is 2.03. The van der Waals surface area contributed by atoms with E-state index in [0.717, 1.165) is 13.1 Å². The van der Waals surface area contributed by atoms with Gasteiger partial charge in [0.1, 0.15) is 0 Å². The summed E-state index contributed by atoms with van der Waals surface area (Å²) in [5.41, 5.74) is 0.0151. The van der Waals surface area contributed by atoms with Crippen molar-refractivity contribution in [1.29, 1.82) is 0 Å².